The molecule has 2 amide bonds. The standard InChI is InChI=1S/C29H31N5O2/c1-29(28(36)31-21-11-3-2-4-12-21)20-33-24-15-6-5-14-23(24)25(32-17-9-10-18-32)26(33)27(35)34(29)19-22-13-7-8-16-30-22/h5-10,13-18,21H,2-4,11-12,19-20H2,1H3,(H,31,36). The van der Waals surface area contributed by atoms with Crippen LogP contribution in [0.5, 0.6) is 0 Å². The Hall–Kier alpha value is -3.87. The van der Waals surface area contributed by atoms with Gasteiger partial charge in [0.25, 0.3) is 5.91 Å². The summed E-state index contributed by atoms with van der Waals surface area (Å²) in [4.78, 5) is 34.6. The highest BCUT2D eigenvalue weighted by molar-refractivity contribution is 6.08. The van der Waals surface area contributed by atoms with Gasteiger partial charge in [-0.25, -0.2) is 0 Å². The van der Waals surface area contributed by atoms with Crippen LogP contribution in [0, 0.1) is 0 Å². The zero-order chi connectivity index (χ0) is 24.7. The monoisotopic (exact) mass is 481 g/mol. The summed E-state index contributed by atoms with van der Waals surface area (Å²) in [6.45, 7) is 2.54. The molecule has 6 rings (SSSR count). The molecule has 4 heterocycles. The number of pyridine rings is 1. The van der Waals surface area contributed by atoms with Gasteiger partial charge < -0.3 is 19.4 Å². The molecule has 1 N–H and O–H groups in total. The van der Waals surface area contributed by atoms with Gasteiger partial charge in [-0.15, -0.1) is 0 Å². The van der Waals surface area contributed by atoms with Crippen LogP contribution in [-0.4, -0.2) is 42.4 Å². The number of amides is 2. The molecule has 36 heavy (non-hydrogen) atoms. The molecule has 0 saturated heterocycles. The number of nitrogens with one attached hydrogen (secondary N) is 1. The summed E-state index contributed by atoms with van der Waals surface area (Å²) in [5.74, 6) is -0.252. The summed E-state index contributed by atoms with van der Waals surface area (Å²) in [7, 11) is 0. The first-order chi connectivity index (χ1) is 17.6. The SMILES string of the molecule is CC1(C(=O)NC2CCCCC2)Cn2c(c(-n3cccc3)c3ccccc32)C(=O)N1Cc1ccccn1. The minimum absolute atomic E-state index is 0.0929. The summed E-state index contributed by atoms with van der Waals surface area (Å²) in [5.41, 5.74) is 2.11. The molecule has 1 aliphatic carbocycles. The van der Waals surface area contributed by atoms with E-state index in [4.69, 9.17) is 0 Å². The maximum atomic E-state index is 14.4. The Morgan fingerprint density at radius 3 is 2.53 bits per heavy atom. The largest absolute Gasteiger partial charge is 0.351 e. The third-order valence-electron chi connectivity index (χ3n) is 7.79. The number of hydrogen-bond donors (Lipinski definition) is 1. The van der Waals surface area contributed by atoms with Crippen molar-refractivity contribution in [2.24, 2.45) is 0 Å². The van der Waals surface area contributed by atoms with Crippen molar-refractivity contribution in [3.63, 3.8) is 0 Å². The van der Waals surface area contributed by atoms with Gasteiger partial charge in [-0.1, -0.05) is 43.5 Å². The number of fused-ring (bicyclic) bond motifs is 3. The summed E-state index contributed by atoms with van der Waals surface area (Å²) in [6, 6.07) is 17.8. The lowest BCUT2D eigenvalue weighted by Gasteiger charge is -2.45. The molecule has 1 aromatic carbocycles. The summed E-state index contributed by atoms with van der Waals surface area (Å²) >= 11 is 0. The fourth-order valence-electron chi connectivity index (χ4n) is 5.84. The van der Waals surface area contributed by atoms with E-state index in [9.17, 15) is 9.59 Å². The van der Waals surface area contributed by atoms with Crippen LogP contribution in [0.2, 0.25) is 0 Å². The third-order valence-corrected chi connectivity index (χ3v) is 7.79. The number of para-hydroxylation sites is 1. The van der Waals surface area contributed by atoms with Crippen molar-refractivity contribution in [1.29, 1.82) is 0 Å². The van der Waals surface area contributed by atoms with Crippen LogP contribution >= 0.6 is 0 Å². The topological polar surface area (TPSA) is 72.2 Å². The predicted octanol–water partition coefficient (Wildman–Crippen LogP) is 4.69. The van der Waals surface area contributed by atoms with Crippen molar-refractivity contribution in [1.82, 2.24) is 24.3 Å². The van der Waals surface area contributed by atoms with Gasteiger partial charge in [-0.3, -0.25) is 14.6 Å². The second-order valence-corrected chi connectivity index (χ2v) is 10.2. The number of hydrogen-bond acceptors (Lipinski definition) is 3. The smallest absolute Gasteiger partial charge is 0.274 e. The van der Waals surface area contributed by atoms with Crippen molar-refractivity contribution < 1.29 is 9.59 Å². The zero-order valence-electron chi connectivity index (χ0n) is 20.6. The van der Waals surface area contributed by atoms with E-state index in [0.29, 0.717) is 12.2 Å². The van der Waals surface area contributed by atoms with Gasteiger partial charge in [0.15, 0.2) is 0 Å². The molecule has 1 aliphatic heterocycles. The maximum Gasteiger partial charge on any atom is 0.274 e. The lowest BCUT2D eigenvalue weighted by molar-refractivity contribution is -0.134. The van der Waals surface area contributed by atoms with E-state index in [-0.39, 0.29) is 24.4 Å². The third kappa shape index (κ3) is 3.70. The number of carbonyl (C=O) groups excluding carboxylic acids is 2. The van der Waals surface area contributed by atoms with Crippen LogP contribution in [0.4, 0.5) is 0 Å². The molecule has 1 saturated carbocycles. The number of nitrogens with zero attached hydrogens (tertiary/aromatic N) is 4. The maximum absolute atomic E-state index is 14.4. The van der Waals surface area contributed by atoms with E-state index in [1.807, 2.05) is 83.0 Å². The lowest BCUT2D eigenvalue weighted by atomic mass is 9.91. The Bertz CT molecular complexity index is 1400. The Morgan fingerprint density at radius 2 is 1.78 bits per heavy atom. The van der Waals surface area contributed by atoms with Crippen LogP contribution < -0.4 is 5.32 Å². The first-order valence-corrected chi connectivity index (χ1v) is 12.8. The predicted molar refractivity (Wildman–Crippen MR) is 139 cm³/mol. The van der Waals surface area contributed by atoms with E-state index >= 15 is 0 Å². The van der Waals surface area contributed by atoms with Gasteiger partial charge in [0, 0.05) is 30.0 Å². The first-order valence-electron chi connectivity index (χ1n) is 12.8. The van der Waals surface area contributed by atoms with E-state index in [1.165, 1.54) is 6.42 Å². The molecule has 4 aromatic rings. The molecule has 1 atom stereocenters. The fourth-order valence-corrected chi connectivity index (χ4v) is 5.84. The second-order valence-electron chi connectivity index (χ2n) is 10.2. The number of carbonyl (C=O) groups is 2. The molecule has 7 heteroatoms. The fraction of sp³-hybridized carbons (Fsp3) is 0.345. The van der Waals surface area contributed by atoms with Gasteiger partial charge in [0.2, 0.25) is 5.91 Å². The number of rotatable bonds is 5. The number of aromatic nitrogens is 3. The zero-order valence-corrected chi connectivity index (χ0v) is 20.6. The first kappa shape index (κ1) is 22.6. The molecule has 7 nitrogen and oxygen atoms in total. The quantitative estimate of drug-likeness (QED) is 0.450. The summed E-state index contributed by atoms with van der Waals surface area (Å²) in [6.07, 6.45) is 11.1. The normalized spacial score (nSPS) is 20.5. The average Bonchev–Trinajstić information content (AvgIpc) is 3.54. The Labute approximate surface area is 210 Å². The van der Waals surface area contributed by atoms with E-state index in [2.05, 4.69) is 10.3 Å². The van der Waals surface area contributed by atoms with Gasteiger partial charge in [-0.05, 0) is 50.1 Å². The second kappa shape index (κ2) is 8.97. The van der Waals surface area contributed by atoms with Gasteiger partial charge in [0.05, 0.1) is 30.0 Å². The highest BCUT2D eigenvalue weighted by atomic mass is 16.2. The highest BCUT2D eigenvalue weighted by Gasteiger charge is 2.49. The molecule has 1 fully saturated rings. The van der Waals surface area contributed by atoms with Crippen molar-refractivity contribution >= 4 is 22.7 Å². The van der Waals surface area contributed by atoms with Crippen LogP contribution in [0.15, 0.2) is 73.2 Å². The average molecular weight is 482 g/mol. The minimum atomic E-state index is -1.06. The van der Waals surface area contributed by atoms with Crippen LogP contribution in [0.1, 0.15) is 55.2 Å². The van der Waals surface area contributed by atoms with Crippen molar-refractivity contribution in [3.05, 3.63) is 84.6 Å². The van der Waals surface area contributed by atoms with Crippen LogP contribution in [0.25, 0.3) is 16.6 Å². The molecule has 0 spiro atoms. The van der Waals surface area contributed by atoms with E-state index in [0.717, 1.165) is 48.0 Å². The van der Waals surface area contributed by atoms with Crippen molar-refractivity contribution in [3.8, 4) is 5.69 Å². The molecule has 0 radical (unpaired) electrons. The number of benzene rings is 1. The van der Waals surface area contributed by atoms with Crippen LogP contribution in [-0.2, 0) is 17.9 Å². The lowest BCUT2D eigenvalue weighted by Crippen LogP contribution is -2.64. The van der Waals surface area contributed by atoms with Gasteiger partial charge >= 0.3 is 0 Å². The van der Waals surface area contributed by atoms with Crippen molar-refractivity contribution in [2.75, 3.05) is 0 Å². The van der Waals surface area contributed by atoms with E-state index in [1.54, 1.807) is 11.1 Å². The molecule has 2 aliphatic rings. The van der Waals surface area contributed by atoms with Gasteiger partial charge in [0.1, 0.15) is 11.2 Å². The Balaban J connectivity index is 1.49. The van der Waals surface area contributed by atoms with Crippen LogP contribution in [0.3, 0.4) is 0 Å². The van der Waals surface area contributed by atoms with Crippen molar-refractivity contribution in [2.45, 2.75) is 63.7 Å². The minimum Gasteiger partial charge on any atom is -0.351 e. The molecule has 3 aromatic heterocycles. The summed E-state index contributed by atoms with van der Waals surface area (Å²) < 4.78 is 4.04. The molecule has 0 bridgehead atoms. The Kier molecular flexibility index (Phi) is 5.63. The Morgan fingerprint density at radius 1 is 1.03 bits per heavy atom. The molecular weight excluding hydrogens is 450 g/mol. The molecule has 184 valence electrons. The molecular formula is C29H31N5O2. The van der Waals surface area contributed by atoms with E-state index < -0.39 is 5.54 Å². The molecule has 1 unspecified atom stereocenters. The van der Waals surface area contributed by atoms with Gasteiger partial charge in [-0.2, -0.15) is 0 Å². The summed E-state index contributed by atoms with van der Waals surface area (Å²) in [5, 5.41) is 4.30. The highest BCUT2D eigenvalue weighted by Crippen LogP contribution is 2.38.